The third kappa shape index (κ3) is 3.04. The van der Waals surface area contributed by atoms with Crippen LogP contribution in [0.25, 0.3) is 0 Å². The molecule has 1 atom stereocenters. The lowest BCUT2D eigenvalue weighted by Crippen LogP contribution is -2.18. The van der Waals surface area contributed by atoms with Gasteiger partial charge < -0.3 is 5.32 Å². The van der Waals surface area contributed by atoms with Crippen LogP contribution in [0.3, 0.4) is 0 Å². The average Bonchev–Trinajstić information content (AvgIpc) is 2.97. The topological polar surface area (TPSA) is 47.7 Å². The lowest BCUT2D eigenvalue weighted by Gasteiger charge is -2.16. The van der Waals surface area contributed by atoms with E-state index in [2.05, 4.69) is 34.7 Å². The molecule has 1 unspecified atom stereocenters. The number of hydrogen-bond donors (Lipinski definition) is 1. The molecule has 104 valence electrons. The Kier molecular flexibility index (Phi) is 4.37. The van der Waals surface area contributed by atoms with Crippen molar-refractivity contribution in [1.29, 1.82) is 0 Å². The maximum absolute atomic E-state index is 4.52. The molecule has 0 aliphatic heterocycles. The predicted molar refractivity (Wildman–Crippen MR) is 75.9 cm³/mol. The number of aryl methyl sites for hydroxylation is 4. The molecule has 2 aromatic rings. The summed E-state index contributed by atoms with van der Waals surface area (Å²) in [6.45, 7) is 2.15. The van der Waals surface area contributed by atoms with E-state index in [9.17, 15) is 0 Å². The van der Waals surface area contributed by atoms with Crippen LogP contribution in [0.2, 0.25) is 0 Å². The molecule has 0 saturated carbocycles. The minimum Gasteiger partial charge on any atom is -0.313 e. The van der Waals surface area contributed by atoms with E-state index < -0.39 is 0 Å². The van der Waals surface area contributed by atoms with Crippen molar-refractivity contribution in [3.8, 4) is 0 Å². The second kappa shape index (κ2) is 6.02. The van der Waals surface area contributed by atoms with Gasteiger partial charge in [-0.25, -0.2) is 0 Å². The summed E-state index contributed by atoms with van der Waals surface area (Å²) in [7, 11) is 5.99. The highest BCUT2D eigenvalue weighted by Crippen LogP contribution is 2.22. The fraction of sp³-hybridized carbons (Fsp3) is 0.571. The first kappa shape index (κ1) is 13.8. The highest BCUT2D eigenvalue weighted by atomic mass is 15.3. The van der Waals surface area contributed by atoms with Crippen LogP contribution in [0.4, 0.5) is 0 Å². The second-order valence-electron chi connectivity index (χ2n) is 4.88. The first-order valence-corrected chi connectivity index (χ1v) is 6.82. The Bertz CT molecular complexity index is 526. The molecule has 0 aliphatic carbocycles. The normalized spacial score (nSPS) is 12.8. The third-order valence-electron chi connectivity index (χ3n) is 3.61. The molecule has 2 rings (SSSR count). The molecule has 0 aromatic carbocycles. The molecule has 0 saturated heterocycles. The van der Waals surface area contributed by atoms with Gasteiger partial charge in [-0.15, -0.1) is 0 Å². The highest BCUT2D eigenvalue weighted by Gasteiger charge is 2.16. The second-order valence-corrected chi connectivity index (χ2v) is 4.88. The van der Waals surface area contributed by atoms with Crippen molar-refractivity contribution in [1.82, 2.24) is 24.9 Å². The fourth-order valence-electron chi connectivity index (χ4n) is 2.51. The zero-order valence-corrected chi connectivity index (χ0v) is 12.2. The van der Waals surface area contributed by atoms with E-state index in [-0.39, 0.29) is 0 Å². The zero-order chi connectivity index (χ0) is 13.8. The van der Waals surface area contributed by atoms with E-state index in [1.165, 1.54) is 17.0 Å². The first-order valence-electron chi connectivity index (χ1n) is 6.82. The Hall–Kier alpha value is -1.62. The summed E-state index contributed by atoms with van der Waals surface area (Å²) in [4.78, 5) is 0. The smallest absolute Gasteiger partial charge is 0.0669 e. The molecule has 0 amide bonds. The Morgan fingerprint density at radius 1 is 1.37 bits per heavy atom. The van der Waals surface area contributed by atoms with E-state index in [4.69, 9.17) is 0 Å². The van der Waals surface area contributed by atoms with Crippen molar-refractivity contribution >= 4 is 0 Å². The van der Waals surface area contributed by atoms with Crippen molar-refractivity contribution < 1.29 is 0 Å². The minimum absolute atomic E-state index is 0.346. The molecule has 0 aliphatic rings. The van der Waals surface area contributed by atoms with Crippen molar-refractivity contribution in [3.63, 3.8) is 0 Å². The van der Waals surface area contributed by atoms with E-state index in [0.717, 1.165) is 19.3 Å². The predicted octanol–water partition coefficient (Wildman–Crippen LogP) is 1.61. The van der Waals surface area contributed by atoms with Crippen LogP contribution in [0, 0.1) is 0 Å². The summed E-state index contributed by atoms with van der Waals surface area (Å²) >= 11 is 0. The van der Waals surface area contributed by atoms with Gasteiger partial charge in [0, 0.05) is 43.8 Å². The molecule has 1 N–H and O–H groups in total. The zero-order valence-electron chi connectivity index (χ0n) is 12.2. The van der Waals surface area contributed by atoms with E-state index in [1.54, 1.807) is 0 Å². The lowest BCUT2D eigenvalue weighted by molar-refractivity contribution is 0.532. The molecule has 5 nitrogen and oxygen atoms in total. The molecule has 2 aromatic heterocycles. The first-order chi connectivity index (χ1) is 9.15. The summed E-state index contributed by atoms with van der Waals surface area (Å²) in [5, 5.41) is 12.1. The molecule has 2 heterocycles. The number of nitrogens with zero attached hydrogens (tertiary/aromatic N) is 4. The Morgan fingerprint density at radius 3 is 2.74 bits per heavy atom. The van der Waals surface area contributed by atoms with Crippen molar-refractivity contribution in [2.75, 3.05) is 7.05 Å². The van der Waals surface area contributed by atoms with Crippen LogP contribution >= 0.6 is 0 Å². The van der Waals surface area contributed by atoms with Crippen LogP contribution < -0.4 is 5.32 Å². The van der Waals surface area contributed by atoms with Gasteiger partial charge in [0.05, 0.1) is 5.69 Å². The Balaban J connectivity index is 2.09. The van der Waals surface area contributed by atoms with Crippen LogP contribution in [-0.4, -0.2) is 26.6 Å². The van der Waals surface area contributed by atoms with Crippen LogP contribution in [0.15, 0.2) is 18.5 Å². The molecular formula is C14H23N5. The third-order valence-corrected chi connectivity index (χ3v) is 3.61. The summed E-state index contributed by atoms with van der Waals surface area (Å²) in [6, 6.07) is 2.43. The van der Waals surface area contributed by atoms with E-state index in [0.29, 0.717) is 6.04 Å². The van der Waals surface area contributed by atoms with Gasteiger partial charge in [0.15, 0.2) is 0 Å². The maximum atomic E-state index is 4.52. The van der Waals surface area contributed by atoms with Gasteiger partial charge in [-0.2, -0.15) is 10.2 Å². The van der Waals surface area contributed by atoms with Crippen LogP contribution in [0.1, 0.15) is 36.3 Å². The van der Waals surface area contributed by atoms with Crippen molar-refractivity contribution in [3.05, 3.63) is 35.4 Å². The van der Waals surface area contributed by atoms with E-state index in [1.807, 2.05) is 36.7 Å². The van der Waals surface area contributed by atoms with Gasteiger partial charge in [0.25, 0.3) is 0 Å². The largest absolute Gasteiger partial charge is 0.313 e. The Labute approximate surface area is 114 Å². The number of aromatic nitrogens is 4. The molecule has 0 fully saturated rings. The SMILES string of the molecule is CCc1nn(C)cc1C(CCc1ccnn1C)NC. The molecular weight excluding hydrogens is 238 g/mol. The van der Waals surface area contributed by atoms with Gasteiger partial charge in [0.2, 0.25) is 0 Å². The number of rotatable bonds is 6. The molecule has 0 radical (unpaired) electrons. The molecule has 0 spiro atoms. The Morgan fingerprint density at radius 2 is 2.16 bits per heavy atom. The lowest BCUT2D eigenvalue weighted by atomic mass is 10.0. The summed E-state index contributed by atoms with van der Waals surface area (Å²) in [5.41, 5.74) is 3.77. The highest BCUT2D eigenvalue weighted by molar-refractivity contribution is 5.21. The summed E-state index contributed by atoms with van der Waals surface area (Å²) in [6.07, 6.45) is 7.02. The number of hydrogen-bond acceptors (Lipinski definition) is 3. The average molecular weight is 261 g/mol. The molecule has 0 bridgehead atoms. The monoisotopic (exact) mass is 261 g/mol. The summed E-state index contributed by atoms with van der Waals surface area (Å²) < 4.78 is 3.85. The maximum Gasteiger partial charge on any atom is 0.0669 e. The van der Waals surface area contributed by atoms with Gasteiger partial charge in [0.1, 0.15) is 0 Å². The fourth-order valence-corrected chi connectivity index (χ4v) is 2.51. The quantitative estimate of drug-likeness (QED) is 0.859. The van der Waals surface area contributed by atoms with E-state index >= 15 is 0 Å². The molecule has 19 heavy (non-hydrogen) atoms. The van der Waals surface area contributed by atoms with Crippen LogP contribution in [-0.2, 0) is 26.9 Å². The van der Waals surface area contributed by atoms with Gasteiger partial charge in [-0.05, 0) is 32.4 Å². The van der Waals surface area contributed by atoms with Crippen molar-refractivity contribution in [2.24, 2.45) is 14.1 Å². The van der Waals surface area contributed by atoms with Gasteiger partial charge in [-0.1, -0.05) is 6.92 Å². The standard InChI is InChI=1S/C14H23N5/c1-5-13-12(10-18(3)17-13)14(15-2)7-6-11-8-9-16-19(11)4/h8-10,14-15H,5-7H2,1-4H3. The van der Waals surface area contributed by atoms with Crippen molar-refractivity contribution in [2.45, 2.75) is 32.2 Å². The minimum atomic E-state index is 0.346. The molecule has 5 heteroatoms. The van der Waals surface area contributed by atoms with Gasteiger partial charge >= 0.3 is 0 Å². The summed E-state index contributed by atoms with van der Waals surface area (Å²) in [5.74, 6) is 0. The number of nitrogens with one attached hydrogen (secondary N) is 1. The van der Waals surface area contributed by atoms with Crippen LogP contribution in [0.5, 0.6) is 0 Å². The van der Waals surface area contributed by atoms with Gasteiger partial charge in [-0.3, -0.25) is 9.36 Å².